The van der Waals surface area contributed by atoms with Gasteiger partial charge in [-0.3, -0.25) is 9.59 Å². The molecule has 1 atom stereocenters. The summed E-state index contributed by atoms with van der Waals surface area (Å²) in [7, 11) is 0. The number of aliphatic hydroxyl groups excluding tert-OH is 1. The Morgan fingerprint density at radius 1 is 1.06 bits per heavy atom. The minimum atomic E-state index is -0.706. The molecule has 1 amide bonds. The van der Waals surface area contributed by atoms with Crippen molar-refractivity contribution >= 4 is 17.4 Å². The minimum absolute atomic E-state index is 0.0688. The van der Waals surface area contributed by atoms with E-state index in [0.29, 0.717) is 61.2 Å². The van der Waals surface area contributed by atoms with Crippen molar-refractivity contribution in [1.82, 2.24) is 4.90 Å². The number of hydrogen-bond donors (Lipinski definition) is 1. The van der Waals surface area contributed by atoms with Crippen LogP contribution in [0, 0.1) is 0 Å². The van der Waals surface area contributed by atoms with Crippen LogP contribution in [0.1, 0.15) is 37.4 Å². The standard InChI is InChI=1S/C24H25NO6/c1-3-11-25-21(16-7-10-18-19(14-16)31-13-12-30-18)20(23(27)24(25)28)22(26)15-5-8-17(9-6-15)29-4-2/h5-10,14,21,26H,3-4,11-13H2,1-2H3/b22-20-. The topological polar surface area (TPSA) is 85.3 Å². The Labute approximate surface area is 180 Å². The molecule has 0 spiro atoms. The zero-order valence-corrected chi connectivity index (χ0v) is 17.6. The van der Waals surface area contributed by atoms with Crippen molar-refractivity contribution in [3.8, 4) is 17.2 Å². The molecule has 4 rings (SSSR count). The van der Waals surface area contributed by atoms with E-state index in [-0.39, 0.29) is 11.3 Å². The maximum atomic E-state index is 13.0. The van der Waals surface area contributed by atoms with E-state index < -0.39 is 17.7 Å². The zero-order valence-electron chi connectivity index (χ0n) is 17.6. The van der Waals surface area contributed by atoms with Crippen LogP contribution in [-0.2, 0) is 9.59 Å². The fourth-order valence-electron chi connectivity index (χ4n) is 3.96. The number of ether oxygens (including phenoxy) is 3. The van der Waals surface area contributed by atoms with Gasteiger partial charge >= 0.3 is 0 Å². The fraction of sp³-hybridized carbons (Fsp3) is 0.333. The minimum Gasteiger partial charge on any atom is -0.507 e. The Hall–Kier alpha value is -3.48. The van der Waals surface area contributed by atoms with Crippen LogP contribution in [-0.4, -0.2) is 48.1 Å². The first-order valence-electron chi connectivity index (χ1n) is 10.5. The number of carbonyl (C=O) groups is 2. The molecule has 7 heteroatoms. The third-order valence-corrected chi connectivity index (χ3v) is 5.33. The van der Waals surface area contributed by atoms with Gasteiger partial charge in [-0.2, -0.15) is 0 Å². The number of fused-ring (bicyclic) bond motifs is 1. The lowest BCUT2D eigenvalue weighted by molar-refractivity contribution is -0.139. The van der Waals surface area contributed by atoms with Crippen LogP contribution in [0.3, 0.4) is 0 Å². The monoisotopic (exact) mass is 423 g/mol. The van der Waals surface area contributed by atoms with Crippen molar-refractivity contribution in [3.05, 3.63) is 59.2 Å². The number of Topliss-reactive ketones (excluding diaryl/α,β-unsaturated/α-hetero) is 1. The van der Waals surface area contributed by atoms with E-state index in [1.807, 2.05) is 13.8 Å². The van der Waals surface area contributed by atoms with E-state index in [1.54, 1.807) is 42.5 Å². The van der Waals surface area contributed by atoms with Gasteiger partial charge in [0.2, 0.25) is 0 Å². The van der Waals surface area contributed by atoms with Crippen molar-refractivity contribution < 1.29 is 28.9 Å². The highest BCUT2D eigenvalue weighted by atomic mass is 16.6. The maximum absolute atomic E-state index is 13.0. The van der Waals surface area contributed by atoms with E-state index in [1.165, 1.54) is 4.90 Å². The van der Waals surface area contributed by atoms with Gasteiger partial charge in [0.05, 0.1) is 18.2 Å². The molecule has 2 aromatic carbocycles. The van der Waals surface area contributed by atoms with Gasteiger partial charge in [0.1, 0.15) is 24.7 Å². The lowest BCUT2D eigenvalue weighted by Gasteiger charge is -2.26. The Kier molecular flexibility index (Phi) is 5.84. The fourth-order valence-corrected chi connectivity index (χ4v) is 3.96. The predicted octanol–water partition coefficient (Wildman–Crippen LogP) is 3.69. The second-order valence-electron chi connectivity index (χ2n) is 7.35. The zero-order chi connectivity index (χ0) is 22.0. The van der Waals surface area contributed by atoms with Crippen LogP contribution in [0.15, 0.2) is 48.0 Å². The molecule has 1 saturated heterocycles. The number of aliphatic hydroxyl groups is 1. The first kappa shape index (κ1) is 20.8. The number of amides is 1. The Morgan fingerprint density at radius 3 is 2.45 bits per heavy atom. The highest BCUT2D eigenvalue weighted by Gasteiger charge is 2.46. The number of likely N-dealkylation sites (tertiary alicyclic amines) is 1. The van der Waals surface area contributed by atoms with Crippen molar-refractivity contribution in [2.75, 3.05) is 26.4 Å². The van der Waals surface area contributed by atoms with Crippen LogP contribution in [0.4, 0.5) is 0 Å². The van der Waals surface area contributed by atoms with Crippen molar-refractivity contribution in [2.24, 2.45) is 0 Å². The highest BCUT2D eigenvalue weighted by Crippen LogP contribution is 2.42. The Morgan fingerprint density at radius 2 is 1.77 bits per heavy atom. The Bertz CT molecular complexity index is 1030. The van der Waals surface area contributed by atoms with Crippen molar-refractivity contribution in [3.63, 3.8) is 0 Å². The molecule has 2 aliphatic rings. The molecular weight excluding hydrogens is 398 g/mol. The molecular formula is C24H25NO6. The molecule has 2 aromatic rings. The van der Waals surface area contributed by atoms with Crippen molar-refractivity contribution in [1.29, 1.82) is 0 Å². The van der Waals surface area contributed by atoms with Crippen molar-refractivity contribution in [2.45, 2.75) is 26.3 Å². The molecule has 1 fully saturated rings. The summed E-state index contributed by atoms with van der Waals surface area (Å²) < 4.78 is 16.7. The molecule has 0 aliphatic carbocycles. The molecule has 2 heterocycles. The van der Waals surface area contributed by atoms with Crippen LogP contribution in [0.25, 0.3) is 5.76 Å². The smallest absolute Gasteiger partial charge is 0.295 e. The summed E-state index contributed by atoms with van der Waals surface area (Å²) in [5.41, 5.74) is 1.20. The van der Waals surface area contributed by atoms with Gasteiger partial charge < -0.3 is 24.2 Å². The summed E-state index contributed by atoms with van der Waals surface area (Å²) in [5, 5.41) is 11.1. The van der Waals surface area contributed by atoms with Gasteiger partial charge in [-0.25, -0.2) is 0 Å². The summed E-state index contributed by atoms with van der Waals surface area (Å²) in [6.45, 7) is 5.64. The molecule has 1 N–H and O–H groups in total. The normalized spacial score (nSPS) is 19.5. The summed E-state index contributed by atoms with van der Waals surface area (Å²) in [4.78, 5) is 27.3. The van der Waals surface area contributed by atoms with E-state index in [0.717, 1.165) is 0 Å². The van der Waals surface area contributed by atoms with Gasteiger partial charge in [0.15, 0.2) is 11.5 Å². The second-order valence-corrected chi connectivity index (χ2v) is 7.35. The summed E-state index contributed by atoms with van der Waals surface area (Å²) in [6, 6.07) is 11.4. The average molecular weight is 423 g/mol. The molecule has 7 nitrogen and oxygen atoms in total. The molecule has 1 unspecified atom stereocenters. The average Bonchev–Trinajstić information content (AvgIpc) is 3.04. The molecule has 0 radical (unpaired) electrons. The third kappa shape index (κ3) is 3.83. The van der Waals surface area contributed by atoms with E-state index in [9.17, 15) is 14.7 Å². The largest absolute Gasteiger partial charge is 0.507 e. The molecule has 0 aromatic heterocycles. The number of nitrogens with zero attached hydrogens (tertiary/aromatic N) is 1. The first-order valence-corrected chi connectivity index (χ1v) is 10.5. The third-order valence-electron chi connectivity index (χ3n) is 5.33. The van der Waals surface area contributed by atoms with Gasteiger partial charge in [-0.05, 0) is 55.3 Å². The summed E-state index contributed by atoms with van der Waals surface area (Å²) in [5.74, 6) is 0.323. The van der Waals surface area contributed by atoms with E-state index in [2.05, 4.69) is 0 Å². The lowest BCUT2D eigenvalue weighted by Crippen LogP contribution is -2.30. The number of rotatable bonds is 6. The quantitative estimate of drug-likeness (QED) is 0.433. The van der Waals surface area contributed by atoms with E-state index in [4.69, 9.17) is 14.2 Å². The maximum Gasteiger partial charge on any atom is 0.295 e. The van der Waals surface area contributed by atoms with E-state index >= 15 is 0 Å². The SMILES string of the molecule is CCCN1C(=O)C(=O)/C(=C(\O)c2ccc(OCC)cc2)C1c1ccc2c(c1)OCCO2. The van der Waals surface area contributed by atoms with Gasteiger partial charge in [-0.1, -0.05) is 13.0 Å². The van der Waals surface area contributed by atoms with Crippen LogP contribution in [0.2, 0.25) is 0 Å². The molecule has 0 saturated carbocycles. The molecule has 162 valence electrons. The Balaban J connectivity index is 1.81. The first-order chi connectivity index (χ1) is 15.0. The second kappa shape index (κ2) is 8.71. The number of benzene rings is 2. The number of ketones is 1. The lowest BCUT2D eigenvalue weighted by atomic mass is 9.95. The number of carbonyl (C=O) groups excluding carboxylic acids is 2. The van der Waals surface area contributed by atoms with Crippen LogP contribution >= 0.6 is 0 Å². The highest BCUT2D eigenvalue weighted by molar-refractivity contribution is 6.46. The molecule has 31 heavy (non-hydrogen) atoms. The van der Waals surface area contributed by atoms with Gasteiger partial charge in [0.25, 0.3) is 11.7 Å². The summed E-state index contributed by atoms with van der Waals surface area (Å²) >= 11 is 0. The number of hydrogen-bond acceptors (Lipinski definition) is 6. The molecule has 0 bridgehead atoms. The van der Waals surface area contributed by atoms with Gasteiger partial charge in [-0.15, -0.1) is 0 Å². The van der Waals surface area contributed by atoms with Gasteiger partial charge in [0, 0.05) is 12.1 Å². The molecule has 2 aliphatic heterocycles. The van der Waals surface area contributed by atoms with Crippen LogP contribution in [0.5, 0.6) is 17.2 Å². The predicted molar refractivity (Wildman–Crippen MR) is 114 cm³/mol. The summed E-state index contributed by atoms with van der Waals surface area (Å²) in [6.07, 6.45) is 0.678. The van der Waals surface area contributed by atoms with Crippen LogP contribution < -0.4 is 14.2 Å².